The lowest BCUT2D eigenvalue weighted by atomic mass is 10.1. The van der Waals surface area contributed by atoms with Crippen LogP contribution in [0.2, 0.25) is 0 Å². The Kier molecular flexibility index (Phi) is 4.57. The molecular formula is C18H18N2O2S. The van der Waals surface area contributed by atoms with Crippen LogP contribution in [-0.4, -0.2) is 24.2 Å². The Bertz CT molecular complexity index is 814. The Hall–Kier alpha value is -2.40. The highest BCUT2D eigenvalue weighted by atomic mass is 32.1. The molecule has 0 saturated carbocycles. The quantitative estimate of drug-likeness (QED) is 0.707. The van der Waals surface area contributed by atoms with E-state index in [1.807, 2.05) is 30.5 Å². The molecule has 3 rings (SSSR count). The molecular weight excluding hydrogens is 308 g/mol. The zero-order valence-electron chi connectivity index (χ0n) is 13.4. The van der Waals surface area contributed by atoms with Crippen LogP contribution in [0.1, 0.15) is 16.3 Å². The smallest absolute Gasteiger partial charge is 0.161 e. The number of aryl methyl sites for hydroxylation is 1. The van der Waals surface area contributed by atoms with E-state index in [0.29, 0.717) is 5.75 Å². The van der Waals surface area contributed by atoms with Crippen LogP contribution in [0.3, 0.4) is 0 Å². The summed E-state index contributed by atoms with van der Waals surface area (Å²) in [6.07, 6.45) is 2.59. The van der Waals surface area contributed by atoms with Gasteiger partial charge in [0.1, 0.15) is 0 Å². The van der Waals surface area contributed by atoms with Gasteiger partial charge in [0, 0.05) is 29.3 Å². The van der Waals surface area contributed by atoms with Crippen molar-refractivity contribution in [3.05, 3.63) is 58.2 Å². The fraction of sp³-hybridized carbons (Fsp3) is 0.222. The van der Waals surface area contributed by atoms with Crippen molar-refractivity contribution in [1.82, 2.24) is 9.97 Å². The topological polar surface area (TPSA) is 44.2 Å². The highest BCUT2D eigenvalue weighted by Crippen LogP contribution is 2.32. The summed E-state index contributed by atoms with van der Waals surface area (Å²) in [4.78, 5) is 9.12. The van der Waals surface area contributed by atoms with Gasteiger partial charge in [0.05, 0.1) is 24.9 Å². The monoisotopic (exact) mass is 326 g/mol. The minimum absolute atomic E-state index is 0.708. The minimum atomic E-state index is 0.708. The lowest BCUT2D eigenvalue weighted by Gasteiger charge is -2.08. The second-order valence-corrected chi connectivity index (χ2v) is 6.14. The van der Waals surface area contributed by atoms with Crippen molar-refractivity contribution in [2.45, 2.75) is 13.3 Å². The standard InChI is InChI=1S/C18H18N2O2S/c1-12-6-7-19-14(8-12)10-18-20-15(11-23-18)13-4-5-16(21-2)17(9-13)22-3/h4-9,11H,10H2,1-3H3. The Morgan fingerprint density at radius 1 is 1.04 bits per heavy atom. The van der Waals surface area contributed by atoms with Crippen LogP contribution in [0.5, 0.6) is 11.5 Å². The molecule has 0 N–H and O–H groups in total. The molecule has 0 atom stereocenters. The Balaban J connectivity index is 1.84. The first kappa shape index (κ1) is 15.5. The summed E-state index contributed by atoms with van der Waals surface area (Å²) in [5, 5.41) is 3.11. The van der Waals surface area contributed by atoms with E-state index in [1.165, 1.54) is 5.56 Å². The van der Waals surface area contributed by atoms with Gasteiger partial charge in [0.2, 0.25) is 0 Å². The van der Waals surface area contributed by atoms with E-state index in [1.54, 1.807) is 25.6 Å². The third-order valence-corrected chi connectivity index (χ3v) is 4.38. The summed E-state index contributed by atoms with van der Waals surface area (Å²) in [5.74, 6) is 1.43. The average molecular weight is 326 g/mol. The molecule has 2 heterocycles. The zero-order valence-corrected chi connectivity index (χ0v) is 14.2. The summed E-state index contributed by atoms with van der Waals surface area (Å²) >= 11 is 1.65. The van der Waals surface area contributed by atoms with Crippen molar-refractivity contribution < 1.29 is 9.47 Å². The lowest BCUT2D eigenvalue weighted by molar-refractivity contribution is 0.355. The second-order valence-electron chi connectivity index (χ2n) is 5.20. The van der Waals surface area contributed by atoms with Crippen LogP contribution in [0.15, 0.2) is 41.9 Å². The van der Waals surface area contributed by atoms with Gasteiger partial charge >= 0.3 is 0 Å². The molecule has 1 aromatic carbocycles. The predicted molar refractivity (Wildman–Crippen MR) is 92.4 cm³/mol. The third kappa shape index (κ3) is 3.51. The van der Waals surface area contributed by atoms with E-state index >= 15 is 0 Å². The molecule has 0 fully saturated rings. The van der Waals surface area contributed by atoms with E-state index in [2.05, 4.69) is 23.4 Å². The first-order valence-corrected chi connectivity index (χ1v) is 8.16. The molecule has 0 saturated heterocycles. The van der Waals surface area contributed by atoms with Crippen LogP contribution < -0.4 is 9.47 Å². The zero-order chi connectivity index (χ0) is 16.2. The number of rotatable bonds is 5. The molecule has 0 unspecified atom stereocenters. The van der Waals surface area contributed by atoms with Crippen molar-refractivity contribution in [2.75, 3.05) is 14.2 Å². The SMILES string of the molecule is COc1ccc(-c2csc(Cc3cc(C)ccn3)n2)cc1OC. The van der Waals surface area contributed by atoms with Gasteiger partial charge in [-0.25, -0.2) is 4.98 Å². The predicted octanol–water partition coefficient (Wildman–Crippen LogP) is 4.12. The third-order valence-electron chi connectivity index (χ3n) is 3.54. The summed E-state index contributed by atoms with van der Waals surface area (Å²) in [6, 6.07) is 9.93. The summed E-state index contributed by atoms with van der Waals surface area (Å²) in [7, 11) is 3.27. The van der Waals surface area contributed by atoms with Crippen LogP contribution in [-0.2, 0) is 6.42 Å². The number of aromatic nitrogens is 2. The van der Waals surface area contributed by atoms with Crippen molar-refractivity contribution in [2.24, 2.45) is 0 Å². The fourth-order valence-corrected chi connectivity index (χ4v) is 3.19. The van der Waals surface area contributed by atoms with Crippen molar-refractivity contribution in [1.29, 1.82) is 0 Å². The average Bonchev–Trinajstić information content (AvgIpc) is 3.02. The van der Waals surface area contributed by atoms with Gasteiger partial charge in [-0.15, -0.1) is 11.3 Å². The van der Waals surface area contributed by atoms with Crippen molar-refractivity contribution in [3.8, 4) is 22.8 Å². The molecule has 118 valence electrons. The number of nitrogens with zero attached hydrogens (tertiary/aromatic N) is 2. The maximum Gasteiger partial charge on any atom is 0.161 e. The molecule has 5 heteroatoms. The van der Waals surface area contributed by atoms with Crippen LogP contribution >= 0.6 is 11.3 Å². The van der Waals surface area contributed by atoms with Crippen LogP contribution in [0, 0.1) is 6.92 Å². The number of hydrogen-bond acceptors (Lipinski definition) is 5. The number of ether oxygens (including phenoxy) is 2. The van der Waals surface area contributed by atoms with E-state index < -0.39 is 0 Å². The molecule has 23 heavy (non-hydrogen) atoms. The highest BCUT2D eigenvalue weighted by molar-refractivity contribution is 7.10. The number of methoxy groups -OCH3 is 2. The first-order valence-electron chi connectivity index (χ1n) is 7.28. The number of benzene rings is 1. The molecule has 2 aromatic heterocycles. The van der Waals surface area contributed by atoms with Crippen molar-refractivity contribution >= 4 is 11.3 Å². The molecule has 0 amide bonds. The molecule has 0 aliphatic carbocycles. The molecule has 0 bridgehead atoms. The summed E-state index contributed by atoms with van der Waals surface area (Å²) in [5.41, 5.74) is 4.21. The van der Waals surface area contributed by atoms with Gasteiger partial charge in [0.15, 0.2) is 11.5 Å². The molecule has 4 nitrogen and oxygen atoms in total. The normalized spacial score (nSPS) is 10.6. The van der Waals surface area contributed by atoms with Gasteiger partial charge in [-0.3, -0.25) is 4.98 Å². The van der Waals surface area contributed by atoms with Crippen LogP contribution in [0.4, 0.5) is 0 Å². The molecule has 3 aromatic rings. The first-order chi connectivity index (χ1) is 11.2. The Morgan fingerprint density at radius 2 is 1.87 bits per heavy atom. The number of thiazole rings is 1. The maximum atomic E-state index is 5.35. The van der Waals surface area contributed by atoms with Gasteiger partial charge < -0.3 is 9.47 Å². The van der Waals surface area contributed by atoms with Gasteiger partial charge in [-0.05, 0) is 42.8 Å². The van der Waals surface area contributed by atoms with Gasteiger partial charge in [0.25, 0.3) is 0 Å². The molecule has 0 radical (unpaired) electrons. The lowest BCUT2D eigenvalue weighted by Crippen LogP contribution is -1.93. The van der Waals surface area contributed by atoms with Gasteiger partial charge in [-0.1, -0.05) is 0 Å². The van der Waals surface area contributed by atoms with E-state index in [0.717, 1.165) is 34.1 Å². The van der Waals surface area contributed by atoms with E-state index in [9.17, 15) is 0 Å². The summed E-state index contributed by atoms with van der Waals surface area (Å²) < 4.78 is 10.6. The number of hydrogen-bond donors (Lipinski definition) is 0. The summed E-state index contributed by atoms with van der Waals surface area (Å²) in [6.45, 7) is 2.07. The van der Waals surface area contributed by atoms with Crippen LogP contribution in [0.25, 0.3) is 11.3 Å². The maximum absolute atomic E-state index is 5.35. The largest absolute Gasteiger partial charge is 0.493 e. The Labute approximate surface area is 139 Å². The highest BCUT2D eigenvalue weighted by Gasteiger charge is 2.10. The van der Waals surface area contributed by atoms with E-state index in [4.69, 9.17) is 14.5 Å². The van der Waals surface area contributed by atoms with Crippen molar-refractivity contribution in [3.63, 3.8) is 0 Å². The van der Waals surface area contributed by atoms with E-state index in [-0.39, 0.29) is 0 Å². The Morgan fingerprint density at radius 3 is 2.61 bits per heavy atom. The number of pyridine rings is 1. The second kappa shape index (κ2) is 6.79. The molecule has 0 aliphatic heterocycles. The molecule has 0 spiro atoms. The minimum Gasteiger partial charge on any atom is -0.493 e. The molecule has 0 aliphatic rings. The van der Waals surface area contributed by atoms with Gasteiger partial charge in [-0.2, -0.15) is 0 Å². The fourth-order valence-electron chi connectivity index (χ4n) is 2.37.